The Balaban J connectivity index is 1.77. The molecule has 1 saturated heterocycles. The molecule has 0 aliphatic carbocycles. The Kier molecular flexibility index (Phi) is 5.81. The summed E-state index contributed by atoms with van der Waals surface area (Å²) in [4.78, 5) is 0.163. The van der Waals surface area contributed by atoms with Crippen LogP contribution < -0.4 is 14.2 Å². The highest BCUT2D eigenvalue weighted by atomic mass is 32.2. The van der Waals surface area contributed by atoms with Crippen LogP contribution in [0.3, 0.4) is 0 Å². The monoisotopic (exact) mass is 393 g/mol. The van der Waals surface area contributed by atoms with Gasteiger partial charge in [0.1, 0.15) is 6.10 Å². The van der Waals surface area contributed by atoms with Crippen molar-refractivity contribution >= 4 is 10.0 Å². The third-order valence-corrected chi connectivity index (χ3v) is 6.26. The zero-order chi connectivity index (χ0) is 19.4. The van der Waals surface area contributed by atoms with Crippen molar-refractivity contribution in [2.75, 3.05) is 27.3 Å². The normalized spacial score (nSPS) is 18.1. The molecule has 1 aromatic heterocycles. The van der Waals surface area contributed by atoms with Crippen molar-refractivity contribution in [2.45, 2.75) is 30.8 Å². The lowest BCUT2D eigenvalue weighted by atomic mass is 10.1. The van der Waals surface area contributed by atoms with Gasteiger partial charge in [0.05, 0.1) is 31.4 Å². The fourth-order valence-electron chi connectivity index (χ4n) is 2.97. The molecule has 0 unspecified atom stereocenters. The number of nitrogens with zero attached hydrogens (tertiary/aromatic N) is 3. The summed E-state index contributed by atoms with van der Waals surface area (Å²) in [6.07, 6.45) is 1.19. The Hall–Kier alpha value is -2.39. The summed E-state index contributed by atoms with van der Waals surface area (Å²) < 4.78 is 43.7. The first-order chi connectivity index (χ1) is 12.9. The van der Waals surface area contributed by atoms with Crippen LogP contribution in [0.1, 0.15) is 18.5 Å². The number of benzene rings is 1. The molecule has 2 heterocycles. The first kappa shape index (κ1) is 19.4. The maximum absolute atomic E-state index is 13.0. The molecule has 3 rings (SSSR count). The van der Waals surface area contributed by atoms with E-state index in [1.165, 1.54) is 30.7 Å². The van der Waals surface area contributed by atoms with Gasteiger partial charge < -0.3 is 14.2 Å². The Morgan fingerprint density at radius 1 is 1.07 bits per heavy atom. The summed E-state index contributed by atoms with van der Waals surface area (Å²) in [6.45, 7) is 2.54. The molecular formula is C18H23N3O5S. The quantitative estimate of drug-likeness (QED) is 0.742. The maximum Gasteiger partial charge on any atom is 0.243 e. The first-order valence-corrected chi connectivity index (χ1v) is 10.1. The van der Waals surface area contributed by atoms with Gasteiger partial charge in [0.25, 0.3) is 0 Å². The van der Waals surface area contributed by atoms with Gasteiger partial charge in [0, 0.05) is 18.7 Å². The number of aromatic nitrogens is 2. The third kappa shape index (κ3) is 4.30. The summed E-state index contributed by atoms with van der Waals surface area (Å²) in [5.74, 6) is 1.25. The molecule has 1 aliphatic rings. The van der Waals surface area contributed by atoms with Crippen LogP contribution in [0.4, 0.5) is 0 Å². The third-order valence-electron chi connectivity index (χ3n) is 4.39. The molecule has 2 aromatic rings. The number of aryl methyl sites for hydroxylation is 1. The Morgan fingerprint density at radius 2 is 1.85 bits per heavy atom. The molecule has 1 aliphatic heterocycles. The minimum atomic E-state index is -3.67. The lowest BCUT2D eigenvalue weighted by Gasteiger charge is -2.31. The minimum absolute atomic E-state index is 0.163. The van der Waals surface area contributed by atoms with E-state index >= 15 is 0 Å². The number of sulfonamides is 1. The summed E-state index contributed by atoms with van der Waals surface area (Å²) in [5.41, 5.74) is 0.795. The molecule has 0 spiro atoms. The minimum Gasteiger partial charge on any atom is -0.493 e. The van der Waals surface area contributed by atoms with Gasteiger partial charge in [-0.2, -0.15) is 9.40 Å². The average Bonchev–Trinajstić information content (AvgIpc) is 2.69. The van der Waals surface area contributed by atoms with Crippen LogP contribution in [0, 0.1) is 6.92 Å². The SMILES string of the molecule is COc1ccc(S(=O)(=O)N2CCC[C@H](Oc3ccc(C)nn3)C2)cc1OC. The summed E-state index contributed by atoms with van der Waals surface area (Å²) >= 11 is 0. The van der Waals surface area contributed by atoms with Crippen LogP contribution in [0.2, 0.25) is 0 Å². The number of hydrogen-bond donors (Lipinski definition) is 0. The largest absolute Gasteiger partial charge is 0.493 e. The van der Waals surface area contributed by atoms with Crippen molar-refractivity contribution in [2.24, 2.45) is 0 Å². The number of methoxy groups -OCH3 is 2. The molecule has 0 amide bonds. The van der Waals surface area contributed by atoms with Gasteiger partial charge in [-0.25, -0.2) is 8.42 Å². The van der Waals surface area contributed by atoms with Crippen LogP contribution in [0.25, 0.3) is 0 Å². The van der Waals surface area contributed by atoms with E-state index in [-0.39, 0.29) is 17.5 Å². The van der Waals surface area contributed by atoms with Gasteiger partial charge in [-0.1, -0.05) is 0 Å². The molecular weight excluding hydrogens is 370 g/mol. The molecule has 1 atom stereocenters. The van der Waals surface area contributed by atoms with Crippen LogP contribution in [-0.4, -0.2) is 56.3 Å². The van der Waals surface area contributed by atoms with E-state index in [0.717, 1.165) is 12.1 Å². The van der Waals surface area contributed by atoms with E-state index in [2.05, 4.69) is 10.2 Å². The first-order valence-electron chi connectivity index (χ1n) is 8.63. The Labute approximate surface area is 159 Å². The molecule has 1 fully saturated rings. The maximum atomic E-state index is 13.0. The number of ether oxygens (including phenoxy) is 3. The Morgan fingerprint density at radius 3 is 2.52 bits per heavy atom. The second-order valence-corrected chi connectivity index (χ2v) is 8.21. The van der Waals surface area contributed by atoms with Crippen molar-refractivity contribution in [1.82, 2.24) is 14.5 Å². The summed E-state index contributed by atoms with van der Waals surface area (Å²) in [5, 5.41) is 7.95. The van der Waals surface area contributed by atoms with Gasteiger partial charge in [0.15, 0.2) is 11.5 Å². The van der Waals surface area contributed by atoms with Crippen LogP contribution >= 0.6 is 0 Å². The molecule has 8 nitrogen and oxygen atoms in total. The predicted molar refractivity (Wildman–Crippen MR) is 98.7 cm³/mol. The Bertz CT molecular complexity index is 886. The van der Waals surface area contributed by atoms with Gasteiger partial charge in [-0.3, -0.25) is 0 Å². The fraction of sp³-hybridized carbons (Fsp3) is 0.444. The highest BCUT2D eigenvalue weighted by Crippen LogP contribution is 2.31. The highest BCUT2D eigenvalue weighted by Gasteiger charge is 2.32. The zero-order valence-electron chi connectivity index (χ0n) is 15.6. The second kappa shape index (κ2) is 8.10. The zero-order valence-corrected chi connectivity index (χ0v) is 16.4. The van der Waals surface area contributed by atoms with E-state index in [4.69, 9.17) is 14.2 Å². The van der Waals surface area contributed by atoms with Crippen molar-refractivity contribution in [3.8, 4) is 17.4 Å². The standard InChI is InChI=1S/C18H23N3O5S/c1-13-6-9-18(20-19-13)26-14-5-4-10-21(12-14)27(22,23)15-7-8-16(24-2)17(11-15)25-3/h6-9,11,14H,4-5,10,12H2,1-3H3/t14-/m0/s1. The smallest absolute Gasteiger partial charge is 0.243 e. The van der Waals surface area contributed by atoms with Gasteiger partial charge in [-0.05, 0) is 38.0 Å². The molecule has 0 saturated carbocycles. The molecule has 0 N–H and O–H groups in total. The number of rotatable bonds is 6. The van der Waals surface area contributed by atoms with Crippen molar-refractivity contribution in [3.63, 3.8) is 0 Å². The van der Waals surface area contributed by atoms with Crippen molar-refractivity contribution in [1.29, 1.82) is 0 Å². The molecule has 0 radical (unpaired) electrons. The lowest BCUT2D eigenvalue weighted by Crippen LogP contribution is -2.44. The topological polar surface area (TPSA) is 90.9 Å². The molecule has 1 aromatic carbocycles. The van der Waals surface area contributed by atoms with Gasteiger partial charge in [-0.15, -0.1) is 5.10 Å². The molecule has 27 heavy (non-hydrogen) atoms. The van der Waals surface area contributed by atoms with Crippen LogP contribution in [0.5, 0.6) is 17.4 Å². The summed E-state index contributed by atoms with van der Waals surface area (Å²) in [7, 11) is -0.689. The number of hydrogen-bond acceptors (Lipinski definition) is 7. The van der Waals surface area contributed by atoms with Crippen molar-refractivity contribution < 1.29 is 22.6 Å². The fourth-order valence-corrected chi connectivity index (χ4v) is 4.49. The molecule has 146 valence electrons. The summed E-state index contributed by atoms with van der Waals surface area (Å²) in [6, 6.07) is 8.13. The second-order valence-electron chi connectivity index (χ2n) is 6.27. The van der Waals surface area contributed by atoms with Crippen LogP contribution in [-0.2, 0) is 10.0 Å². The predicted octanol–water partition coefficient (Wildman–Crippen LogP) is 2.03. The lowest BCUT2D eigenvalue weighted by molar-refractivity contribution is 0.123. The van der Waals surface area contributed by atoms with Crippen LogP contribution in [0.15, 0.2) is 35.2 Å². The van der Waals surface area contributed by atoms with Gasteiger partial charge in [0.2, 0.25) is 15.9 Å². The van der Waals surface area contributed by atoms with E-state index in [1.54, 1.807) is 12.1 Å². The number of piperidine rings is 1. The van der Waals surface area contributed by atoms with E-state index in [1.807, 2.05) is 13.0 Å². The van der Waals surface area contributed by atoms with E-state index < -0.39 is 10.0 Å². The van der Waals surface area contributed by atoms with E-state index in [9.17, 15) is 8.42 Å². The highest BCUT2D eigenvalue weighted by molar-refractivity contribution is 7.89. The molecule has 9 heteroatoms. The van der Waals surface area contributed by atoms with Gasteiger partial charge >= 0.3 is 0 Å². The van der Waals surface area contributed by atoms with E-state index in [0.29, 0.717) is 30.3 Å². The van der Waals surface area contributed by atoms with Crippen molar-refractivity contribution in [3.05, 3.63) is 36.0 Å². The molecule has 0 bridgehead atoms. The average molecular weight is 393 g/mol.